The largest absolute Gasteiger partial charge is 0.456 e. The molecular weight excluding hydrogens is 610 g/mol. The molecule has 9 rings (SSSR count). The van der Waals surface area contributed by atoms with Crippen LogP contribution in [0.4, 0.5) is 0 Å². The second kappa shape index (κ2) is 11.6. The van der Waals surface area contributed by atoms with Crippen LogP contribution in [-0.4, -0.2) is 15.0 Å². The van der Waals surface area contributed by atoms with Gasteiger partial charge in [-0.3, -0.25) is 0 Å². The van der Waals surface area contributed by atoms with Crippen LogP contribution in [-0.2, 0) is 0 Å². The summed E-state index contributed by atoms with van der Waals surface area (Å²) in [6.07, 6.45) is 0. The topological polar surface area (TPSA) is 51.8 Å². The lowest BCUT2D eigenvalue weighted by Gasteiger charge is -2.10. The van der Waals surface area contributed by atoms with Crippen molar-refractivity contribution < 1.29 is 4.42 Å². The normalized spacial score (nSPS) is 11.4. The second-order valence-corrected chi connectivity index (χ2v) is 12.2. The van der Waals surface area contributed by atoms with Gasteiger partial charge in [0.2, 0.25) is 0 Å². The zero-order chi connectivity index (χ0) is 32.0. The number of nitrogens with zero attached hydrogens (tertiary/aromatic N) is 3. The molecule has 0 unspecified atom stereocenters. The van der Waals surface area contributed by atoms with E-state index in [0.29, 0.717) is 22.5 Å². The molecule has 2 aromatic heterocycles. The zero-order valence-corrected chi connectivity index (χ0v) is 26.4. The van der Waals surface area contributed by atoms with Crippen LogP contribution < -0.4 is 0 Å². The van der Waals surface area contributed by atoms with Gasteiger partial charge in [0.05, 0.1) is 0 Å². The Morgan fingerprint density at radius 2 is 0.833 bits per heavy atom. The summed E-state index contributed by atoms with van der Waals surface area (Å²) < 4.78 is 6.20. The Morgan fingerprint density at radius 3 is 1.42 bits per heavy atom. The van der Waals surface area contributed by atoms with Crippen LogP contribution in [0.1, 0.15) is 0 Å². The lowest BCUT2D eigenvalue weighted by Crippen LogP contribution is -2.00. The van der Waals surface area contributed by atoms with Crippen LogP contribution in [0.25, 0.3) is 89.1 Å². The minimum Gasteiger partial charge on any atom is -0.456 e. The molecule has 2 heterocycles. The van der Waals surface area contributed by atoms with E-state index in [1.807, 2.05) is 36.4 Å². The summed E-state index contributed by atoms with van der Waals surface area (Å²) in [4.78, 5) is 15.1. The van der Waals surface area contributed by atoms with Gasteiger partial charge in [-0.25, -0.2) is 15.0 Å². The van der Waals surface area contributed by atoms with Crippen LogP contribution in [0.15, 0.2) is 162 Å². The lowest BCUT2D eigenvalue weighted by molar-refractivity contribution is 0.669. The minimum absolute atomic E-state index is 0.596. The highest BCUT2D eigenvalue weighted by atomic mass is 35.5. The van der Waals surface area contributed by atoms with Crippen molar-refractivity contribution in [1.29, 1.82) is 0 Å². The molecule has 0 bridgehead atoms. The predicted octanol–water partition coefficient (Wildman–Crippen LogP) is 11.9. The van der Waals surface area contributed by atoms with Gasteiger partial charge in [0, 0.05) is 32.5 Å². The van der Waals surface area contributed by atoms with Crippen molar-refractivity contribution in [3.63, 3.8) is 0 Å². The average molecular weight is 636 g/mol. The van der Waals surface area contributed by atoms with E-state index >= 15 is 0 Å². The Morgan fingerprint density at radius 1 is 0.375 bits per heavy atom. The van der Waals surface area contributed by atoms with Crippen LogP contribution in [0.2, 0.25) is 5.02 Å². The van der Waals surface area contributed by atoms with Gasteiger partial charge >= 0.3 is 0 Å². The molecule has 226 valence electrons. The maximum Gasteiger partial charge on any atom is 0.164 e. The molecule has 5 heteroatoms. The van der Waals surface area contributed by atoms with Crippen molar-refractivity contribution in [2.45, 2.75) is 0 Å². The highest BCUT2D eigenvalue weighted by Gasteiger charge is 2.16. The van der Waals surface area contributed by atoms with Gasteiger partial charge in [0.15, 0.2) is 17.5 Å². The first-order valence-electron chi connectivity index (χ1n) is 15.8. The Bertz CT molecular complexity index is 2500. The van der Waals surface area contributed by atoms with Gasteiger partial charge in [-0.1, -0.05) is 139 Å². The average Bonchev–Trinajstić information content (AvgIpc) is 3.53. The molecule has 0 aliphatic heterocycles. The van der Waals surface area contributed by atoms with E-state index in [4.69, 9.17) is 31.0 Å². The summed E-state index contributed by atoms with van der Waals surface area (Å²) >= 11 is 6.43. The first-order valence-corrected chi connectivity index (χ1v) is 16.2. The molecule has 7 aromatic carbocycles. The lowest BCUT2D eigenvalue weighted by atomic mass is 10.0. The van der Waals surface area contributed by atoms with Crippen LogP contribution in [0, 0.1) is 0 Å². The number of halogens is 1. The fourth-order valence-corrected chi connectivity index (χ4v) is 6.53. The van der Waals surface area contributed by atoms with Gasteiger partial charge in [-0.05, 0) is 63.4 Å². The van der Waals surface area contributed by atoms with Gasteiger partial charge < -0.3 is 4.42 Å². The first-order chi connectivity index (χ1) is 23.7. The van der Waals surface area contributed by atoms with Gasteiger partial charge in [0.25, 0.3) is 0 Å². The zero-order valence-electron chi connectivity index (χ0n) is 25.6. The number of benzene rings is 7. The van der Waals surface area contributed by atoms with Crippen molar-refractivity contribution in [2.75, 3.05) is 0 Å². The number of fused-ring (bicyclic) bond motifs is 5. The molecule has 48 heavy (non-hydrogen) atoms. The fourth-order valence-electron chi connectivity index (χ4n) is 6.35. The number of furan rings is 1. The molecule has 0 radical (unpaired) electrons. The highest BCUT2D eigenvalue weighted by molar-refractivity contribution is 6.32. The monoisotopic (exact) mass is 635 g/mol. The molecular formula is C43H26ClN3O. The first kappa shape index (κ1) is 28.1. The SMILES string of the molecule is Clc1ccc2oc3ccc4ccc(-c5nc(-c6ccc(-c7ccccc7)cc6)nc(-c6ccc(-c7ccccc7)cc6)n5)cc4c3c2c1. The minimum atomic E-state index is 0.596. The Balaban J connectivity index is 1.20. The van der Waals surface area contributed by atoms with Crippen molar-refractivity contribution in [1.82, 2.24) is 15.0 Å². The third kappa shape index (κ3) is 5.09. The van der Waals surface area contributed by atoms with Crippen LogP contribution >= 0.6 is 11.6 Å². The van der Waals surface area contributed by atoms with Crippen molar-refractivity contribution >= 4 is 44.3 Å². The molecule has 0 amide bonds. The molecule has 9 aromatic rings. The number of rotatable bonds is 5. The van der Waals surface area contributed by atoms with Crippen molar-refractivity contribution in [3.05, 3.63) is 163 Å². The van der Waals surface area contributed by atoms with Crippen LogP contribution in [0.5, 0.6) is 0 Å². The Hall–Kier alpha value is -6.10. The molecule has 0 atom stereocenters. The smallest absolute Gasteiger partial charge is 0.164 e. The maximum absolute atomic E-state index is 6.43. The molecule has 0 saturated carbocycles. The molecule has 0 spiro atoms. The predicted molar refractivity (Wildman–Crippen MR) is 197 cm³/mol. The maximum atomic E-state index is 6.43. The van der Waals surface area contributed by atoms with E-state index in [2.05, 4.69) is 121 Å². The summed E-state index contributed by atoms with van der Waals surface area (Å²) in [5.41, 5.74) is 8.93. The van der Waals surface area contributed by atoms with E-state index in [1.54, 1.807) is 0 Å². The molecule has 4 nitrogen and oxygen atoms in total. The second-order valence-electron chi connectivity index (χ2n) is 11.8. The fraction of sp³-hybridized carbons (Fsp3) is 0. The summed E-state index contributed by atoms with van der Waals surface area (Å²) in [5, 5.41) is 4.82. The van der Waals surface area contributed by atoms with Gasteiger partial charge in [-0.15, -0.1) is 0 Å². The van der Waals surface area contributed by atoms with E-state index in [-0.39, 0.29) is 0 Å². The molecule has 0 aliphatic carbocycles. The quantitative estimate of drug-likeness (QED) is 0.189. The third-order valence-corrected chi connectivity index (χ3v) is 9.04. The molecule has 0 saturated heterocycles. The van der Waals surface area contributed by atoms with E-state index < -0.39 is 0 Å². The van der Waals surface area contributed by atoms with Crippen LogP contribution in [0.3, 0.4) is 0 Å². The Kier molecular flexibility index (Phi) is 6.81. The third-order valence-electron chi connectivity index (χ3n) is 8.81. The number of hydrogen-bond donors (Lipinski definition) is 0. The number of aromatic nitrogens is 3. The van der Waals surface area contributed by atoms with E-state index in [0.717, 1.165) is 71.7 Å². The number of hydrogen-bond acceptors (Lipinski definition) is 4. The molecule has 0 N–H and O–H groups in total. The van der Waals surface area contributed by atoms with Crippen molar-refractivity contribution in [3.8, 4) is 56.4 Å². The summed E-state index contributed by atoms with van der Waals surface area (Å²) in [7, 11) is 0. The summed E-state index contributed by atoms with van der Waals surface area (Å²) in [5.74, 6) is 1.82. The molecule has 0 fully saturated rings. The Labute approximate surface area is 282 Å². The standard InChI is InChI=1S/C43H26ClN3O/c44-35-22-24-38-37(26-35)40-36-25-34(20-15-31(36)21-23-39(40)48-38)43-46-41(32-16-11-29(12-17-32)27-7-3-1-4-8-27)45-42(47-43)33-18-13-30(14-19-33)28-9-5-2-6-10-28/h1-26H. The summed E-state index contributed by atoms with van der Waals surface area (Å²) in [6, 6.07) is 53.6. The summed E-state index contributed by atoms with van der Waals surface area (Å²) in [6.45, 7) is 0. The molecule has 0 aliphatic rings. The highest BCUT2D eigenvalue weighted by Crippen LogP contribution is 2.38. The van der Waals surface area contributed by atoms with Crippen molar-refractivity contribution in [2.24, 2.45) is 0 Å². The van der Waals surface area contributed by atoms with E-state index in [1.165, 1.54) is 0 Å². The van der Waals surface area contributed by atoms with Gasteiger partial charge in [-0.2, -0.15) is 0 Å². The van der Waals surface area contributed by atoms with Gasteiger partial charge in [0.1, 0.15) is 11.2 Å². The van der Waals surface area contributed by atoms with E-state index in [9.17, 15) is 0 Å².